The van der Waals surface area contributed by atoms with E-state index in [4.69, 9.17) is 0 Å². The zero-order chi connectivity index (χ0) is 19.5. The Morgan fingerprint density at radius 3 is 2.43 bits per heavy atom. The fourth-order valence-corrected chi connectivity index (χ4v) is 3.83. The predicted octanol–water partition coefficient (Wildman–Crippen LogP) is 3.26. The molecule has 1 amide bonds. The molecule has 3 aromatic rings. The highest BCUT2D eigenvalue weighted by atomic mass is 16.3. The van der Waals surface area contributed by atoms with Gasteiger partial charge in [-0.15, -0.1) is 0 Å². The largest absolute Gasteiger partial charge is 0.393 e. The summed E-state index contributed by atoms with van der Waals surface area (Å²) in [6.07, 6.45) is 5.24. The molecule has 28 heavy (non-hydrogen) atoms. The number of hydrogen-bond donors (Lipinski definition) is 2. The lowest BCUT2D eigenvalue weighted by Crippen LogP contribution is -2.41. The van der Waals surface area contributed by atoms with Crippen LogP contribution in [0.5, 0.6) is 0 Å². The van der Waals surface area contributed by atoms with Gasteiger partial charge in [-0.25, -0.2) is 0 Å². The molecule has 0 radical (unpaired) electrons. The number of rotatable bonds is 6. The Hall–Kier alpha value is -2.92. The van der Waals surface area contributed by atoms with E-state index in [-0.39, 0.29) is 24.0 Å². The van der Waals surface area contributed by atoms with E-state index in [1.165, 1.54) is 5.56 Å². The van der Waals surface area contributed by atoms with Gasteiger partial charge in [0.25, 0.3) is 0 Å². The molecule has 0 spiro atoms. The topological polar surface area (TPSA) is 67.2 Å². The maximum absolute atomic E-state index is 12.7. The second-order valence-corrected chi connectivity index (χ2v) is 7.62. The number of nitrogens with zero attached hydrogens (tertiary/aromatic N) is 2. The van der Waals surface area contributed by atoms with E-state index >= 15 is 0 Å². The SMILES string of the molecule is Cn1cc([C@H](NC(=O)Cc2ccc(-c3ccccc3)cc2)C2CC(O)C2)cn1. The van der Waals surface area contributed by atoms with Crippen molar-refractivity contribution in [1.82, 2.24) is 15.1 Å². The maximum atomic E-state index is 12.7. The Balaban J connectivity index is 1.42. The molecule has 2 N–H and O–H groups in total. The van der Waals surface area contributed by atoms with Gasteiger partial charge in [0.2, 0.25) is 5.91 Å². The molecule has 1 fully saturated rings. The smallest absolute Gasteiger partial charge is 0.224 e. The summed E-state index contributed by atoms with van der Waals surface area (Å²) < 4.78 is 1.74. The van der Waals surface area contributed by atoms with Gasteiger partial charge in [-0.3, -0.25) is 9.48 Å². The molecule has 0 unspecified atom stereocenters. The quantitative estimate of drug-likeness (QED) is 0.695. The Bertz CT molecular complexity index is 928. The van der Waals surface area contributed by atoms with Gasteiger partial charge in [-0.2, -0.15) is 5.10 Å². The van der Waals surface area contributed by atoms with Crippen LogP contribution in [0.15, 0.2) is 67.0 Å². The summed E-state index contributed by atoms with van der Waals surface area (Å²) in [5, 5.41) is 17.1. The third-order valence-electron chi connectivity index (χ3n) is 5.45. The molecule has 144 valence electrons. The second kappa shape index (κ2) is 7.98. The Morgan fingerprint density at radius 2 is 1.82 bits per heavy atom. The molecule has 5 nitrogen and oxygen atoms in total. The summed E-state index contributed by atoms with van der Waals surface area (Å²) in [7, 11) is 1.87. The van der Waals surface area contributed by atoms with Crippen LogP contribution in [-0.4, -0.2) is 26.9 Å². The van der Waals surface area contributed by atoms with Crippen molar-refractivity contribution in [2.75, 3.05) is 0 Å². The molecular weight excluding hydrogens is 350 g/mol. The fourth-order valence-electron chi connectivity index (χ4n) is 3.83. The van der Waals surface area contributed by atoms with Gasteiger partial charge in [0, 0.05) is 18.8 Å². The predicted molar refractivity (Wildman–Crippen MR) is 108 cm³/mol. The number of benzene rings is 2. The van der Waals surface area contributed by atoms with Gasteiger partial charge in [-0.1, -0.05) is 54.6 Å². The molecule has 0 aliphatic heterocycles. The third-order valence-corrected chi connectivity index (χ3v) is 5.45. The van der Waals surface area contributed by atoms with Crippen LogP contribution in [0.2, 0.25) is 0 Å². The first kappa shape index (κ1) is 18.4. The summed E-state index contributed by atoms with van der Waals surface area (Å²) in [6.45, 7) is 0. The average Bonchev–Trinajstić information content (AvgIpc) is 3.11. The van der Waals surface area contributed by atoms with Gasteiger partial charge in [0.15, 0.2) is 0 Å². The lowest BCUT2D eigenvalue weighted by atomic mass is 9.75. The van der Waals surface area contributed by atoms with Gasteiger partial charge in [-0.05, 0) is 35.4 Å². The molecule has 0 saturated heterocycles. The minimum absolute atomic E-state index is 0.0114. The molecule has 1 atom stereocenters. The summed E-state index contributed by atoms with van der Waals surface area (Å²) in [6, 6.07) is 18.2. The Kier molecular flexibility index (Phi) is 5.26. The lowest BCUT2D eigenvalue weighted by Gasteiger charge is -2.37. The summed E-state index contributed by atoms with van der Waals surface area (Å²) in [5.41, 5.74) is 4.28. The molecule has 5 heteroatoms. The fraction of sp³-hybridized carbons (Fsp3) is 0.304. The Labute approximate surface area is 165 Å². The first-order valence-corrected chi connectivity index (χ1v) is 9.69. The van der Waals surface area contributed by atoms with Gasteiger partial charge in [0.05, 0.1) is 24.8 Å². The van der Waals surface area contributed by atoms with Crippen molar-refractivity contribution in [1.29, 1.82) is 0 Å². The number of aromatic nitrogens is 2. The molecule has 1 saturated carbocycles. The zero-order valence-corrected chi connectivity index (χ0v) is 16.0. The first-order chi connectivity index (χ1) is 13.6. The highest BCUT2D eigenvalue weighted by molar-refractivity contribution is 5.79. The van der Waals surface area contributed by atoms with Crippen molar-refractivity contribution in [2.45, 2.75) is 31.4 Å². The van der Waals surface area contributed by atoms with Crippen LogP contribution in [0.1, 0.15) is 30.0 Å². The van der Waals surface area contributed by atoms with E-state index in [0.717, 1.165) is 16.7 Å². The van der Waals surface area contributed by atoms with Crippen molar-refractivity contribution in [3.8, 4) is 11.1 Å². The van der Waals surface area contributed by atoms with Crippen molar-refractivity contribution in [2.24, 2.45) is 13.0 Å². The number of hydrogen-bond acceptors (Lipinski definition) is 3. The van der Waals surface area contributed by atoms with Gasteiger partial charge < -0.3 is 10.4 Å². The molecule has 1 aliphatic rings. The van der Waals surface area contributed by atoms with Crippen molar-refractivity contribution >= 4 is 5.91 Å². The van der Waals surface area contributed by atoms with E-state index in [9.17, 15) is 9.90 Å². The number of carbonyl (C=O) groups is 1. The van der Waals surface area contributed by atoms with E-state index in [0.29, 0.717) is 19.3 Å². The highest BCUT2D eigenvalue weighted by Gasteiger charge is 2.36. The van der Waals surface area contributed by atoms with Crippen molar-refractivity contribution in [3.63, 3.8) is 0 Å². The minimum atomic E-state index is -0.258. The Morgan fingerprint density at radius 1 is 1.14 bits per heavy atom. The van der Waals surface area contributed by atoms with Crippen LogP contribution in [-0.2, 0) is 18.3 Å². The van der Waals surface area contributed by atoms with E-state index in [1.807, 2.05) is 43.6 Å². The van der Waals surface area contributed by atoms with E-state index < -0.39 is 0 Å². The van der Waals surface area contributed by atoms with Gasteiger partial charge in [0.1, 0.15) is 0 Å². The summed E-state index contributed by atoms with van der Waals surface area (Å²) in [4.78, 5) is 12.7. The van der Waals surface area contributed by atoms with Crippen LogP contribution < -0.4 is 5.32 Å². The van der Waals surface area contributed by atoms with Crippen LogP contribution in [0.25, 0.3) is 11.1 Å². The molecule has 1 aromatic heterocycles. The number of amides is 1. The third kappa shape index (κ3) is 4.15. The van der Waals surface area contributed by atoms with E-state index in [2.05, 4.69) is 34.7 Å². The number of aliphatic hydroxyl groups is 1. The normalized spacial score (nSPS) is 19.6. The van der Waals surface area contributed by atoms with Crippen molar-refractivity contribution < 1.29 is 9.90 Å². The summed E-state index contributed by atoms with van der Waals surface area (Å²) >= 11 is 0. The molecule has 1 heterocycles. The van der Waals surface area contributed by atoms with E-state index in [1.54, 1.807) is 10.9 Å². The van der Waals surface area contributed by atoms with Gasteiger partial charge >= 0.3 is 0 Å². The molecule has 2 aromatic carbocycles. The minimum Gasteiger partial charge on any atom is -0.393 e. The molecular formula is C23H25N3O2. The second-order valence-electron chi connectivity index (χ2n) is 7.62. The number of aryl methyl sites for hydroxylation is 1. The molecule has 4 rings (SSSR count). The monoisotopic (exact) mass is 375 g/mol. The zero-order valence-electron chi connectivity index (χ0n) is 16.0. The maximum Gasteiger partial charge on any atom is 0.224 e. The van der Waals surface area contributed by atoms with Crippen molar-refractivity contribution in [3.05, 3.63) is 78.1 Å². The summed E-state index contributed by atoms with van der Waals surface area (Å²) in [5.74, 6) is 0.242. The number of carbonyl (C=O) groups excluding carboxylic acids is 1. The average molecular weight is 375 g/mol. The highest BCUT2D eigenvalue weighted by Crippen LogP contribution is 2.38. The van der Waals surface area contributed by atoms with Crippen LogP contribution >= 0.6 is 0 Å². The van der Waals surface area contributed by atoms with Crippen LogP contribution in [0.4, 0.5) is 0 Å². The van der Waals surface area contributed by atoms with Crippen LogP contribution in [0.3, 0.4) is 0 Å². The lowest BCUT2D eigenvalue weighted by molar-refractivity contribution is -0.122. The number of aliphatic hydroxyl groups excluding tert-OH is 1. The standard InChI is InChI=1S/C23H25N3O2/c1-26-15-20(14-24-26)23(19-12-21(27)13-19)25-22(28)11-16-7-9-18(10-8-16)17-5-3-2-4-6-17/h2-10,14-15,19,21,23,27H,11-13H2,1H3,(H,25,28)/t19?,21?,23-/m1/s1. The van der Waals surface area contributed by atoms with Crippen LogP contribution in [0, 0.1) is 5.92 Å². The number of nitrogens with one attached hydrogen (secondary N) is 1. The molecule has 0 bridgehead atoms. The molecule has 1 aliphatic carbocycles. The first-order valence-electron chi connectivity index (χ1n) is 9.69.